The molecule has 142 valence electrons. The molecule has 1 aliphatic rings. The van der Waals surface area contributed by atoms with Crippen molar-refractivity contribution in [2.75, 3.05) is 6.54 Å². The van der Waals surface area contributed by atoms with E-state index in [0.717, 1.165) is 19.3 Å². The molecular formula is C18H20N4O5. The van der Waals surface area contributed by atoms with Crippen LogP contribution in [0.25, 0.3) is 5.69 Å². The molecule has 0 spiro atoms. The molecule has 0 bridgehead atoms. The van der Waals surface area contributed by atoms with Crippen molar-refractivity contribution in [1.29, 1.82) is 0 Å². The van der Waals surface area contributed by atoms with Gasteiger partial charge in [-0.15, -0.1) is 0 Å². The van der Waals surface area contributed by atoms with Gasteiger partial charge in [0.2, 0.25) is 0 Å². The minimum Gasteiger partial charge on any atom is -0.481 e. The van der Waals surface area contributed by atoms with Gasteiger partial charge in [-0.1, -0.05) is 19.3 Å². The average molecular weight is 372 g/mol. The van der Waals surface area contributed by atoms with Crippen LogP contribution in [-0.4, -0.2) is 38.0 Å². The molecule has 0 radical (unpaired) electrons. The van der Waals surface area contributed by atoms with Crippen LogP contribution in [0.2, 0.25) is 0 Å². The zero-order chi connectivity index (χ0) is 19.4. The average Bonchev–Trinajstić information content (AvgIpc) is 3.20. The minimum absolute atomic E-state index is 0.0121. The SMILES string of the molecule is O=C(NCC1(C(=O)O)CCCCC1)c1ccc(-n2ccnc2)c([N+](=O)[O-])c1. The van der Waals surface area contributed by atoms with Gasteiger partial charge in [-0.2, -0.15) is 0 Å². The largest absolute Gasteiger partial charge is 0.481 e. The number of carboxylic acids is 1. The van der Waals surface area contributed by atoms with Crippen LogP contribution in [0.5, 0.6) is 0 Å². The van der Waals surface area contributed by atoms with Gasteiger partial charge >= 0.3 is 5.97 Å². The third kappa shape index (κ3) is 3.81. The number of hydrogen-bond donors (Lipinski definition) is 2. The van der Waals surface area contributed by atoms with Crippen molar-refractivity contribution in [3.63, 3.8) is 0 Å². The lowest BCUT2D eigenvalue weighted by Crippen LogP contribution is -2.44. The molecule has 9 heteroatoms. The van der Waals surface area contributed by atoms with Crippen molar-refractivity contribution in [3.8, 4) is 5.69 Å². The number of hydrogen-bond acceptors (Lipinski definition) is 5. The van der Waals surface area contributed by atoms with Crippen molar-refractivity contribution in [3.05, 3.63) is 52.6 Å². The lowest BCUT2D eigenvalue weighted by Gasteiger charge is -2.33. The molecule has 1 heterocycles. The molecule has 3 rings (SSSR count). The first-order valence-electron chi connectivity index (χ1n) is 8.71. The van der Waals surface area contributed by atoms with E-state index in [4.69, 9.17) is 0 Å². The Morgan fingerprint density at radius 1 is 1.30 bits per heavy atom. The van der Waals surface area contributed by atoms with E-state index in [1.165, 1.54) is 35.3 Å². The summed E-state index contributed by atoms with van der Waals surface area (Å²) in [6.07, 6.45) is 8.15. The second-order valence-corrected chi connectivity index (χ2v) is 6.76. The number of aliphatic carboxylic acids is 1. The number of benzene rings is 1. The van der Waals surface area contributed by atoms with E-state index in [1.54, 1.807) is 6.20 Å². The second kappa shape index (κ2) is 7.56. The number of rotatable bonds is 6. The van der Waals surface area contributed by atoms with E-state index in [9.17, 15) is 24.8 Å². The van der Waals surface area contributed by atoms with Crippen LogP contribution in [0.3, 0.4) is 0 Å². The highest BCUT2D eigenvalue weighted by Crippen LogP contribution is 2.36. The smallest absolute Gasteiger partial charge is 0.311 e. The van der Waals surface area contributed by atoms with Gasteiger partial charge in [-0.05, 0) is 25.0 Å². The summed E-state index contributed by atoms with van der Waals surface area (Å²) in [5.74, 6) is -1.44. The molecule has 2 aromatic rings. The Hall–Kier alpha value is -3.23. The maximum Gasteiger partial charge on any atom is 0.311 e. The maximum absolute atomic E-state index is 12.5. The number of carboxylic acid groups (broad SMARTS) is 1. The Kier molecular flexibility index (Phi) is 5.20. The Bertz CT molecular complexity index is 857. The fourth-order valence-electron chi connectivity index (χ4n) is 3.48. The highest BCUT2D eigenvalue weighted by Gasteiger charge is 2.39. The molecule has 1 saturated carbocycles. The first-order valence-corrected chi connectivity index (χ1v) is 8.71. The molecule has 1 aromatic heterocycles. The van der Waals surface area contributed by atoms with E-state index in [0.29, 0.717) is 18.5 Å². The maximum atomic E-state index is 12.5. The Morgan fingerprint density at radius 2 is 2.04 bits per heavy atom. The van der Waals surface area contributed by atoms with Crippen LogP contribution < -0.4 is 5.32 Å². The molecule has 0 unspecified atom stereocenters. The van der Waals surface area contributed by atoms with Crippen molar-refractivity contribution in [2.45, 2.75) is 32.1 Å². The minimum atomic E-state index is -0.962. The van der Waals surface area contributed by atoms with Crippen molar-refractivity contribution < 1.29 is 19.6 Å². The van der Waals surface area contributed by atoms with E-state index in [2.05, 4.69) is 10.3 Å². The molecule has 2 N–H and O–H groups in total. The van der Waals surface area contributed by atoms with Gasteiger partial charge in [-0.25, -0.2) is 4.98 Å². The number of nitro groups is 1. The molecule has 0 saturated heterocycles. The zero-order valence-electron chi connectivity index (χ0n) is 14.6. The van der Waals surface area contributed by atoms with E-state index in [-0.39, 0.29) is 17.8 Å². The van der Waals surface area contributed by atoms with Crippen LogP contribution in [0.15, 0.2) is 36.9 Å². The predicted molar refractivity (Wildman–Crippen MR) is 95.7 cm³/mol. The van der Waals surface area contributed by atoms with Crippen molar-refractivity contribution in [2.24, 2.45) is 5.41 Å². The number of nitro benzene ring substituents is 1. The van der Waals surface area contributed by atoms with Crippen molar-refractivity contribution in [1.82, 2.24) is 14.9 Å². The Labute approximate surface area is 155 Å². The summed E-state index contributed by atoms with van der Waals surface area (Å²) in [4.78, 5) is 38.9. The summed E-state index contributed by atoms with van der Waals surface area (Å²) in [5.41, 5.74) is -0.784. The monoisotopic (exact) mass is 372 g/mol. The van der Waals surface area contributed by atoms with Gasteiger partial charge in [0.05, 0.1) is 16.7 Å². The van der Waals surface area contributed by atoms with Gasteiger partial charge in [0.1, 0.15) is 5.69 Å². The third-order valence-electron chi connectivity index (χ3n) is 5.07. The van der Waals surface area contributed by atoms with Crippen LogP contribution in [0.4, 0.5) is 5.69 Å². The summed E-state index contributed by atoms with van der Waals surface area (Å²) in [6, 6.07) is 4.15. The second-order valence-electron chi connectivity index (χ2n) is 6.76. The predicted octanol–water partition coefficient (Wildman–Crippen LogP) is 2.55. The fraction of sp³-hybridized carbons (Fsp3) is 0.389. The topological polar surface area (TPSA) is 127 Å². The standard InChI is InChI=1S/C18H20N4O5/c23-16(20-11-18(17(24)25)6-2-1-3-7-18)13-4-5-14(15(10-13)22(26)27)21-9-8-19-12-21/h4-5,8-10,12H,1-3,6-7,11H2,(H,20,23)(H,24,25). The lowest BCUT2D eigenvalue weighted by molar-refractivity contribution is -0.384. The van der Waals surface area contributed by atoms with Crippen LogP contribution in [0, 0.1) is 15.5 Å². The van der Waals surface area contributed by atoms with Gasteiger partial charge in [0.25, 0.3) is 11.6 Å². The zero-order valence-corrected chi connectivity index (χ0v) is 14.6. The summed E-state index contributed by atoms with van der Waals surface area (Å²) in [6.45, 7) is 0.0121. The number of nitrogens with zero attached hydrogens (tertiary/aromatic N) is 3. The molecule has 1 aliphatic carbocycles. The normalized spacial score (nSPS) is 15.9. The first kappa shape index (κ1) is 18.6. The summed E-state index contributed by atoms with van der Waals surface area (Å²) in [5, 5.41) is 23.6. The summed E-state index contributed by atoms with van der Waals surface area (Å²) < 4.78 is 1.49. The molecule has 9 nitrogen and oxygen atoms in total. The number of aromatic nitrogens is 2. The highest BCUT2D eigenvalue weighted by atomic mass is 16.6. The van der Waals surface area contributed by atoms with Crippen LogP contribution in [0.1, 0.15) is 42.5 Å². The van der Waals surface area contributed by atoms with Gasteiger partial charge in [0.15, 0.2) is 0 Å². The van der Waals surface area contributed by atoms with Crippen LogP contribution >= 0.6 is 0 Å². The fourth-order valence-corrected chi connectivity index (χ4v) is 3.48. The van der Waals surface area contributed by atoms with E-state index >= 15 is 0 Å². The molecule has 0 aliphatic heterocycles. The number of carbonyl (C=O) groups is 2. The number of imidazole rings is 1. The van der Waals surface area contributed by atoms with Gasteiger partial charge < -0.3 is 15.0 Å². The summed E-state index contributed by atoms with van der Waals surface area (Å²) >= 11 is 0. The molecule has 27 heavy (non-hydrogen) atoms. The van der Waals surface area contributed by atoms with Gasteiger partial charge in [-0.3, -0.25) is 19.7 Å². The highest BCUT2D eigenvalue weighted by molar-refractivity contribution is 5.95. The quantitative estimate of drug-likeness (QED) is 0.592. The lowest BCUT2D eigenvalue weighted by atomic mass is 9.74. The first-order chi connectivity index (χ1) is 12.9. The molecule has 1 fully saturated rings. The third-order valence-corrected chi connectivity index (χ3v) is 5.07. The molecule has 1 aromatic carbocycles. The molecule has 1 amide bonds. The van der Waals surface area contributed by atoms with E-state index < -0.39 is 22.2 Å². The number of amides is 1. The van der Waals surface area contributed by atoms with E-state index in [1.807, 2.05) is 0 Å². The Morgan fingerprint density at radius 3 is 2.63 bits per heavy atom. The van der Waals surface area contributed by atoms with Crippen LogP contribution in [-0.2, 0) is 4.79 Å². The summed E-state index contributed by atoms with van der Waals surface area (Å²) in [7, 11) is 0. The molecular weight excluding hydrogens is 352 g/mol. The van der Waals surface area contributed by atoms with Crippen molar-refractivity contribution >= 4 is 17.6 Å². The number of nitrogens with one attached hydrogen (secondary N) is 1. The molecule has 0 atom stereocenters. The Balaban J connectivity index is 1.79. The number of carbonyl (C=O) groups excluding carboxylic acids is 1. The van der Waals surface area contributed by atoms with Gasteiger partial charge in [0, 0.05) is 30.6 Å².